The van der Waals surface area contributed by atoms with Crippen molar-refractivity contribution in [1.82, 2.24) is 4.90 Å². The van der Waals surface area contributed by atoms with Gasteiger partial charge < -0.3 is 18.3 Å². The molecule has 0 unspecified atom stereocenters. The minimum absolute atomic E-state index is 0.255. The Labute approximate surface area is 226 Å². The second-order valence-corrected chi connectivity index (χ2v) is 9.79. The van der Waals surface area contributed by atoms with Gasteiger partial charge in [-0.25, -0.2) is 9.59 Å². The van der Waals surface area contributed by atoms with Crippen molar-refractivity contribution in [1.29, 1.82) is 0 Å². The van der Waals surface area contributed by atoms with Crippen molar-refractivity contribution in [3.63, 3.8) is 0 Å². The van der Waals surface area contributed by atoms with Crippen LogP contribution in [0.25, 0.3) is 33.1 Å². The van der Waals surface area contributed by atoms with Gasteiger partial charge in [-0.3, -0.25) is 4.90 Å². The zero-order chi connectivity index (χ0) is 26.4. The summed E-state index contributed by atoms with van der Waals surface area (Å²) in [5.74, 6) is 1.10. The number of hydrogen-bond donors (Lipinski definition) is 0. The Kier molecular flexibility index (Phi) is 6.35. The lowest BCUT2D eigenvalue weighted by Gasteiger charge is -2.29. The Morgan fingerprint density at radius 2 is 1.82 bits per heavy atom. The summed E-state index contributed by atoms with van der Waals surface area (Å²) in [6, 6.07) is 17.4. The summed E-state index contributed by atoms with van der Waals surface area (Å²) in [5.41, 5.74) is 1.84. The first-order valence-electron chi connectivity index (χ1n) is 12.0. The van der Waals surface area contributed by atoms with Crippen LogP contribution in [0.1, 0.15) is 18.1 Å². The van der Waals surface area contributed by atoms with E-state index in [-0.39, 0.29) is 5.56 Å². The summed E-state index contributed by atoms with van der Waals surface area (Å²) in [6.45, 7) is 3.58. The molecule has 3 aromatic carbocycles. The maximum atomic E-state index is 13.1. The summed E-state index contributed by atoms with van der Waals surface area (Å²) in [4.78, 5) is 27.9. The highest BCUT2D eigenvalue weighted by atomic mass is 35.5. The largest absolute Gasteiger partial charge is 0.490 e. The molecule has 0 atom stereocenters. The monoisotopic (exact) mass is 549 g/mol. The SMILES string of the molecule is CCOc1cccc2cc(-c3cc(=O)oc4c5c(ccc34)OCN(Cc3ccc(Cl)cc3Cl)C5)c(=O)oc12. The minimum Gasteiger partial charge on any atom is -0.490 e. The molecule has 0 amide bonds. The third-order valence-corrected chi connectivity index (χ3v) is 7.07. The van der Waals surface area contributed by atoms with Crippen LogP contribution in [0.15, 0.2) is 79.1 Å². The standard InChI is InChI=1S/C29H21Cl2NO6/c1-2-35-25-5-3-4-16-10-21(29(34)38-27(16)25)20-12-26(33)37-28-19(20)8-9-24-22(28)14-32(15-36-24)13-17-6-7-18(30)11-23(17)31/h3-12H,2,13-15H2,1H3. The lowest BCUT2D eigenvalue weighted by molar-refractivity contribution is 0.0890. The van der Waals surface area contributed by atoms with Crippen LogP contribution in [0.2, 0.25) is 10.0 Å². The molecule has 7 nitrogen and oxygen atoms in total. The molecule has 192 valence electrons. The van der Waals surface area contributed by atoms with Crippen molar-refractivity contribution in [3.05, 3.63) is 103 Å². The highest BCUT2D eigenvalue weighted by Crippen LogP contribution is 2.37. The average molecular weight is 550 g/mol. The van der Waals surface area contributed by atoms with Gasteiger partial charge in [0.15, 0.2) is 11.3 Å². The number of halogens is 2. The Bertz CT molecular complexity index is 1830. The van der Waals surface area contributed by atoms with Crippen molar-refractivity contribution in [2.24, 2.45) is 0 Å². The molecule has 1 aliphatic heterocycles. The fourth-order valence-electron chi connectivity index (χ4n) is 4.77. The first kappa shape index (κ1) is 24.6. The quantitative estimate of drug-likeness (QED) is 0.228. The van der Waals surface area contributed by atoms with E-state index in [4.69, 9.17) is 41.5 Å². The highest BCUT2D eigenvalue weighted by Gasteiger charge is 2.24. The van der Waals surface area contributed by atoms with Crippen molar-refractivity contribution >= 4 is 45.1 Å². The molecule has 0 spiro atoms. The van der Waals surface area contributed by atoms with E-state index in [0.717, 1.165) is 5.56 Å². The topological polar surface area (TPSA) is 82.1 Å². The number of hydrogen-bond acceptors (Lipinski definition) is 7. The predicted molar refractivity (Wildman–Crippen MR) is 146 cm³/mol. The number of fused-ring (bicyclic) bond motifs is 4. The Hall–Kier alpha value is -3.78. The van der Waals surface area contributed by atoms with Gasteiger partial charge in [-0.05, 0) is 48.9 Å². The van der Waals surface area contributed by atoms with Crippen molar-refractivity contribution < 1.29 is 18.3 Å². The summed E-state index contributed by atoms with van der Waals surface area (Å²) in [7, 11) is 0. The third kappa shape index (κ3) is 4.43. The van der Waals surface area contributed by atoms with Gasteiger partial charge in [0.1, 0.15) is 18.1 Å². The lowest BCUT2D eigenvalue weighted by Crippen LogP contribution is -2.31. The first-order valence-corrected chi connectivity index (χ1v) is 12.8. The van der Waals surface area contributed by atoms with Crippen LogP contribution in [-0.2, 0) is 13.1 Å². The number of nitrogens with zero attached hydrogens (tertiary/aromatic N) is 1. The Morgan fingerprint density at radius 1 is 0.947 bits per heavy atom. The van der Waals surface area contributed by atoms with Gasteiger partial charge in [-0.15, -0.1) is 0 Å². The summed E-state index contributed by atoms with van der Waals surface area (Å²) < 4.78 is 22.9. The average Bonchev–Trinajstić information content (AvgIpc) is 2.90. The van der Waals surface area contributed by atoms with E-state index in [1.165, 1.54) is 6.07 Å². The van der Waals surface area contributed by atoms with E-state index in [9.17, 15) is 9.59 Å². The van der Waals surface area contributed by atoms with Gasteiger partial charge in [-0.1, -0.05) is 41.4 Å². The molecule has 0 saturated carbocycles. The number of rotatable bonds is 5. The van der Waals surface area contributed by atoms with Gasteiger partial charge in [0.2, 0.25) is 0 Å². The zero-order valence-corrected chi connectivity index (χ0v) is 21.8. The normalized spacial score (nSPS) is 13.4. The lowest BCUT2D eigenvalue weighted by atomic mass is 9.99. The molecule has 9 heteroatoms. The van der Waals surface area contributed by atoms with Crippen LogP contribution >= 0.6 is 23.2 Å². The maximum absolute atomic E-state index is 13.1. The van der Waals surface area contributed by atoms with Gasteiger partial charge >= 0.3 is 11.3 Å². The summed E-state index contributed by atoms with van der Waals surface area (Å²) >= 11 is 12.4. The molecule has 0 bridgehead atoms. The molecule has 0 N–H and O–H groups in total. The molecule has 2 aromatic heterocycles. The molecule has 0 radical (unpaired) electrons. The highest BCUT2D eigenvalue weighted by molar-refractivity contribution is 6.35. The van der Waals surface area contributed by atoms with E-state index in [2.05, 4.69) is 0 Å². The smallest absolute Gasteiger partial charge is 0.344 e. The van der Waals surface area contributed by atoms with Crippen LogP contribution in [0.5, 0.6) is 11.5 Å². The van der Waals surface area contributed by atoms with Gasteiger partial charge in [-0.2, -0.15) is 0 Å². The van der Waals surface area contributed by atoms with E-state index in [1.807, 2.05) is 36.1 Å². The predicted octanol–water partition coefficient (Wildman–Crippen LogP) is 6.62. The molecule has 1 aliphatic rings. The van der Waals surface area contributed by atoms with E-state index in [1.54, 1.807) is 30.3 Å². The minimum atomic E-state index is -0.582. The van der Waals surface area contributed by atoms with Crippen molar-refractivity contribution in [2.75, 3.05) is 13.3 Å². The fraction of sp³-hybridized carbons (Fsp3) is 0.172. The maximum Gasteiger partial charge on any atom is 0.344 e. The number of benzene rings is 3. The first-order chi connectivity index (χ1) is 18.4. The molecule has 38 heavy (non-hydrogen) atoms. The van der Waals surface area contributed by atoms with Gasteiger partial charge in [0.05, 0.1) is 17.7 Å². The summed E-state index contributed by atoms with van der Waals surface area (Å²) in [5, 5.41) is 2.40. The van der Waals surface area contributed by atoms with Gasteiger partial charge in [0, 0.05) is 45.5 Å². The second kappa shape index (κ2) is 9.83. The fourth-order valence-corrected chi connectivity index (χ4v) is 5.24. The molecule has 5 aromatic rings. The molecule has 0 fully saturated rings. The number of ether oxygens (including phenoxy) is 2. The van der Waals surface area contributed by atoms with Crippen molar-refractivity contribution in [2.45, 2.75) is 20.0 Å². The Balaban J connectivity index is 1.45. The van der Waals surface area contributed by atoms with E-state index in [0.29, 0.717) is 81.0 Å². The van der Waals surface area contributed by atoms with Crippen LogP contribution < -0.4 is 20.7 Å². The molecular formula is C29H21Cl2NO6. The summed E-state index contributed by atoms with van der Waals surface area (Å²) in [6.07, 6.45) is 0. The molecule has 0 saturated heterocycles. The third-order valence-electron chi connectivity index (χ3n) is 6.48. The van der Waals surface area contributed by atoms with Crippen molar-refractivity contribution in [3.8, 4) is 22.6 Å². The zero-order valence-electron chi connectivity index (χ0n) is 20.3. The molecular weight excluding hydrogens is 529 g/mol. The molecule has 6 rings (SSSR count). The van der Waals surface area contributed by atoms with Gasteiger partial charge in [0.25, 0.3) is 0 Å². The van der Waals surface area contributed by atoms with Crippen LogP contribution in [0.4, 0.5) is 0 Å². The van der Waals surface area contributed by atoms with E-state index >= 15 is 0 Å². The number of para-hydroxylation sites is 1. The van der Waals surface area contributed by atoms with Crippen LogP contribution in [0.3, 0.4) is 0 Å². The van der Waals surface area contributed by atoms with Crippen LogP contribution in [-0.4, -0.2) is 18.2 Å². The van der Waals surface area contributed by atoms with E-state index < -0.39 is 11.3 Å². The second-order valence-electron chi connectivity index (χ2n) is 8.95. The Morgan fingerprint density at radius 3 is 2.63 bits per heavy atom. The molecule has 0 aliphatic carbocycles. The van der Waals surface area contributed by atoms with Crippen LogP contribution in [0, 0.1) is 0 Å². The molecule has 3 heterocycles.